The highest BCUT2D eigenvalue weighted by Crippen LogP contribution is 2.54. The maximum atomic E-state index is 13.8. The van der Waals surface area contributed by atoms with Gasteiger partial charge < -0.3 is 16.1 Å². The minimum absolute atomic E-state index is 0.00198. The van der Waals surface area contributed by atoms with Gasteiger partial charge in [0, 0.05) is 35.0 Å². The van der Waals surface area contributed by atoms with Crippen LogP contribution in [0, 0.1) is 16.7 Å². The molecule has 1 atom stereocenters. The minimum Gasteiger partial charge on any atom is -0.383 e. The summed E-state index contributed by atoms with van der Waals surface area (Å²) in [6.45, 7) is 6.83. The molecule has 1 aliphatic heterocycles. The highest BCUT2D eigenvalue weighted by molar-refractivity contribution is 6.36. The lowest BCUT2D eigenvalue weighted by Gasteiger charge is -2.28. The third kappa shape index (κ3) is 5.33. The molecule has 4 N–H and O–H groups in total. The first-order valence-electron chi connectivity index (χ1n) is 12.7. The number of nitrogens with zero attached hydrogens (tertiary/aromatic N) is 3. The molecule has 0 amide bonds. The van der Waals surface area contributed by atoms with Gasteiger partial charge in [0.2, 0.25) is 0 Å². The maximum Gasteiger partial charge on any atom is 0.413 e. The second-order valence-corrected chi connectivity index (χ2v) is 12.1. The second-order valence-electron chi connectivity index (χ2n) is 11.2. The van der Waals surface area contributed by atoms with Gasteiger partial charge in [0.05, 0.1) is 33.5 Å². The Kier molecular flexibility index (Phi) is 7.19. The molecule has 2 heterocycles. The van der Waals surface area contributed by atoms with Gasteiger partial charge in [0.15, 0.2) is 5.54 Å². The molecule has 0 bridgehead atoms. The summed E-state index contributed by atoms with van der Waals surface area (Å²) < 4.78 is 41.4. The van der Waals surface area contributed by atoms with Crippen molar-refractivity contribution in [2.45, 2.75) is 51.4 Å². The molecule has 0 radical (unpaired) electrons. The number of hydrazine groups is 2. The van der Waals surface area contributed by atoms with E-state index in [4.69, 9.17) is 23.2 Å². The van der Waals surface area contributed by atoms with E-state index in [9.17, 15) is 18.4 Å². The van der Waals surface area contributed by atoms with Crippen LogP contribution in [0.1, 0.15) is 50.8 Å². The fourth-order valence-electron chi connectivity index (χ4n) is 4.66. The molecule has 2 aliphatic rings. The number of nitriles is 1. The summed E-state index contributed by atoms with van der Waals surface area (Å²) in [6, 6.07) is 12.1. The predicted molar refractivity (Wildman–Crippen MR) is 151 cm³/mol. The number of fused-ring (bicyclic) bond motifs is 1. The van der Waals surface area contributed by atoms with E-state index in [0.29, 0.717) is 55.7 Å². The molecule has 1 fully saturated rings. The van der Waals surface area contributed by atoms with Gasteiger partial charge >= 0.3 is 6.18 Å². The zero-order chi connectivity index (χ0) is 28.9. The van der Waals surface area contributed by atoms with Crippen LogP contribution in [-0.4, -0.2) is 28.3 Å². The first kappa shape index (κ1) is 28.1. The van der Waals surface area contributed by atoms with Crippen LogP contribution in [0.25, 0.3) is 10.9 Å². The number of aromatic nitrogens is 1. The Balaban J connectivity index is 1.57. The number of hydrogen-bond donors (Lipinski definition) is 4. The quantitative estimate of drug-likeness (QED) is 0.230. The van der Waals surface area contributed by atoms with Gasteiger partial charge in [-0.1, -0.05) is 62.2 Å². The van der Waals surface area contributed by atoms with Crippen LogP contribution in [0.3, 0.4) is 0 Å². The molecule has 1 saturated carbocycles. The van der Waals surface area contributed by atoms with Crippen LogP contribution in [0.4, 0.5) is 24.5 Å². The average molecular weight is 590 g/mol. The standard InChI is InChI=1S/C28H28Cl2F3N7/c1-26(2,3)15-36-23-16(12-34)13-35-24-19(23)10-17(11-21(24)30)37-25(18-6-4-5-7-20(18)29)22-14-40(39-38-22)27(8-9-27)28(31,32)33/h4-7,10-11,13-14,25,37-39H,8-9,15H2,1-3H3,(H,35,36). The Labute approximate surface area is 240 Å². The summed E-state index contributed by atoms with van der Waals surface area (Å²) in [7, 11) is 0. The van der Waals surface area contributed by atoms with Crippen molar-refractivity contribution in [3.63, 3.8) is 0 Å². The molecule has 2 aromatic carbocycles. The molecule has 1 aromatic heterocycles. The first-order chi connectivity index (χ1) is 18.8. The van der Waals surface area contributed by atoms with Gasteiger partial charge in [-0.05, 0) is 42.0 Å². The minimum atomic E-state index is -4.39. The zero-order valence-electron chi connectivity index (χ0n) is 22.0. The van der Waals surface area contributed by atoms with Crippen LogP contribution in [0.5, 0.6) is 0 Å². The van der Waals surface area contributed by atoms with Crippen LogP contribution < -0.4 is 21.6 Å². The number of hydrogen-bond acceptors (Lipinski definition) is 7. The number of alkyl halides is 3. The number of nitrogens with one attached hydrogen (secondary N) is 4. The largest absolute Gasteiger partial charge is 0.413 e. The third-order valence-corrected chi connectivity index (χ3v) is 7.61. The zero-order valence-corrected chi connectivity index (χ0v) is 23.6. The lowest BCUT2D eigenvalue weighted by atomic mass is 9.96. The van der Waals surface area contributed by atoms with E-state index in [0.717, 1.165) is 5.01 Å². The van der Waals surface area contributed by atoms with E-state index in [2.05, 4.69) is 53.4 Å². The summed E-state index contributed by atoms with van der Waals surface area (Å²) in [5, 5.41) is 19.0. The van der Waals surface area contributed by atoms with Gasteiger partial charge in [-0.3, -0.25) is 9.99 Å². The topological polar surface area (TPSA) is 88.0 Å². The Morgan fingerprint density at radius 2 is 1.88 bits per heavy atom. The number of rotatable bonds is 7. The highest BCUT2D eigenvalue weighted by Gasteiger charge is 2.67. The van der Waals surface area contributed by atoms with Crippen LogP contribution in [0.2, 0.25) is 10.0 Å². The lowest BCUT2D eigenvalue weighted by Crippen LogP contribution is -2.52. The molecule has 7 nitrogen and oxygen atoms in total. The van der Waals surface area contributed by atoms with Crippen molar-refractivity contribution in [1.29, 1.82) is 5.26 Å². The van der Waals surface area contributed by atoms with E-state index in [-0.39, 0.29) is 18.3 Å². The fourth-order valence-corrected chi connectivity index (χ4v) is 5.17. The SMILES string of the molecule is CC(C)(C)CNc1c(C#N)cnc2c(Cl)cc(NC(C3=CN(C4(C(F)(F)F)CC4)NN3)c3ccccc3Cl)cc12. The van der Waals surface area contributed by atoms with Crippen molar-refractivity contribution in [3.05, 3.63) is 75.7 Å². The van der Waals surface area contributed by atoms with E-state index >= 15 is 0 Å². The van der Waals surface area contributed by atoms with E-state index in [1.54, 1.807) is 30.3 Å². The Hall–Kier alpha value is -3.39. The molecule has 0 spiro atoms. The summed E-state index contributed by atoms with van der Waals surface area (Å²) in [5.74, 6) is 0. The molecule has 1 aliphatic carbocycles. The van der Waals surface area contributed by atoms with Crippen molar-refractivity contribution >= 4 is 45.5 Å². The summed E-state index contributed by atoms with van der Waals surface area (Å²) >= 11 is 13.2. The third-order valence-electron chi connectivity index (χ3n) is 6.98. The molecule has 0 saturated heterocycles. The molecule has 5 rings (SSSR count). The van der Waals surface area contributed by atoms with Gasteiger partial charge in [-0.15, -0.1) is 5.53 Å². The fraction of sp³-hybridized carbons (Fsp3) is 0.357. The van der Waals surface area contributed by atoms with Gasteiger partial charge in [0.1, 0.15) is 6.07 Å². The number of halogens is 5. The van der Waals surface area contributed by atoms with Crippen LogP contribution in [0.15, 0.2) is 54.5 Å². The van der Waals surface area contributed by atoms with Gasteiger partial charge in [0.25, 0.3) is 0 Å². The van der Waals surface area contributed by atoms with Crippen molar-refractivity contribution in [3.8, 4) is 6.07 Å². The summed E-state index contributed by atoms with van der Waals surface area (Å²) in [6.07, 6.45) is -1.48. The van der Waals surface area contributed by atoms with Crippen molar-refractivity contribution in [2.75, 3.05) is 17.2 Å². The van der Waals surface area contributed by atoms with E-state index < -0.39 is 17.8 Å². The smallest absolute Gasteiger partial charge is 0.383 e. The molecule has 3 aromatic rings. The number of pyridine rings is 1. The van der Waals surface area contributed by atoms with E-state index in [1.807, 2.05) is 6.07 Å². The molecule has 12 heteroatoms. The Bertz CT molecular complexity index is 1520. The van der Waals surface area contributed by atoms with Gasteiger partial charge in [-0.25, -0.2) is 0 Å². The average Bonchev–Trinajstić information content (AvgIpc) is 3.57. The molecular formula is C28H28Cl2F3N7. The predicted octanol–water partition coefficient (Wildman–Crippen LogP) is 7.29. The molecule has 1 unspecified atom stereocenters. The second kappa shape index (κ2) is 10.2. The summed E-state index contributed by atoms with van der Waals surface area (Å²) in [4.78, 5) is 4.40. The number of anilines is 2. The van der Waals surface area contributed by atoms with E-state index in [1.165, 1.54) is 12.4 Å². The molecule has 210 valence electrons. The normalized spacial score (nSPS) is 17.2. The lowest BCUT2D eigenvalue weighted by molar-refractivity contribution is -0.195. The molecule has 40 heavy (non-hydrogen) atoms. The van der Waals surface area contributed by atoms with Crippen molar-refractivity contribution < 1.29 is 13.2 Å². The van der Waals surface area contributed by atoms with Crippen molar-refractivity contribution in [2.24, 2.45) is 5.41 Å². The van der Waals surface area contributed by atoms with Crippen LogP contribution in [-0.2, 0) is 0 Å². The monoisotopic (exact) mass is 589 g/mol. The summed E-state index contributed by atoms with van der Waals surface area (Å²) in [5.41, 5.74) is 6.71. The van der Waals surface area contributed by atoms with Crippen LogP contribution >= 0.6 is 23.2 Å². The highest BCUT2D eigenvalue weighted by atomic mass is 35.5. The first-order valence-corrected chi connectivity index (χ1v) is 13.5. The maximum absolute atomic E-state index is 13.8. The Morgan fingerprint density at radius 3 is 2.50 bits per heavy atom. The molecular weight excluding hydrogens is 562 g/mol. The Morgan fingerprint density at radius 1 is 1.15 bits per heavy atom. The van der Waals surface area contributed by atoms with Crippen molar-refractivity contribution in [1.82, 2.24) is 21.0 Å². The van der Waals surface area contributed by atoms with Gasteiger partial charge in [-0.2, -0.15) is 18.4 Å². The number of benzene rings is 2.